The molecule has 1 spiro atoms. The van der Waals surface area contributed by atoms with Crippen LogP contribution in [0.5, 0.6) is 0 Å². The van der Waals surface area contributed by atoms with E-state index in [-0.39, 0.29) is 31.0 Å². The molecule has 1 N–H and O–H groups in total. The summed E-state index contributed by atoms with van der Waals surface area (Å²) < 4.78 is 95.0. The van der Waals surface area contributed by atoms with Crippen LogP contribution < -0.4 is 0 Å². The zero-order valence-electron chi connectivity index (χ0n) is 23.5. The molecule has 2 heterocycles. The SMILES string of the molecule is Cc1cc(F)ccc1[C@H]1C[C@]2(CCN1C(=O)N(C)[C@H](C)c1cc(C(F)(F)F)cc(C(F)(F)F)c1)C(C(=O)O)CCN2C. The fraction of sp³-hybridized carbons (Fsp3) is 0.517. The summed E-state index contributed by atoms with van der Waals surface area (Å²) in [6.07, 6.45) is -9.20. The van der Waals surface area contributed by atoms with Gasteiger partial charge in [-0.05, 0) is 93.7 Å². The first-order chi connectivity index (χ1) is 19.4. The number of hydrogen-bond acceptors (Lipinski definition) is 3. The Labute approximate surface area is 238 Å². The first kappa shape index (κ1) is 31.6. The number of amides is 2. The molecule has 230 valence electrons. The lowest BCUT2D eigenvalue weighted by Crippen LogP contribution is -2.58. The monoisotopic (exact) mass is 603 g/mol. The Hall–Kier alpha value is -3.35. The summed E-state index contributed by atoms with van der Waals surface area (Å²) in [6, 6.07) is 2.70. The Bertz CT molecular complexity index is 1330. The van der Waals surface area contributed by atoms with Crippen molar-refractivity contribution in [2.45, 2.75) is 63.1 Å². The lowest BCUT2D eigenvalue weighted by atomic mass is 9.72. The van der Waals surface area contributed by atoms with Gasteiger partial charge in [-0.2, -0.15) is 26.3 Å². The van der Waals surface area contributed by atoms with Gasteiger partial charge in [0.1, 0.15) is 5.82 Å². The Morgan fingerprint density at radius 3 is 2.14 bits per heavy atom. The van der Waals surface area contributed by atoms with Crippen molar-refractivity contribution >= 4 is 12.0 Å². The fourth-order valence-electron chi connectivity index (χ4n) is 6.45. The summed E-state index contributed by atoms with van der Waals surface area (Å²) >= 11 is 0. The van der Waals surface area contributed by atoms with Crippen molar-refractivity contribution in [1.29, 1.82) is 0 Å². The molecule has 2 amide bonds. The van der Waals surface area contributed by atoms with Gasteiger partial charge < -0.3 is 14.9 Å². The largest absolute Gasteiger partial charge is 0.481 e. The number of hydrogen-bond donors (Lipinski definition) is 1. The molecule has 2 aromatic carbocycles. The predicted octanol–water partition coefficient (Wildman–Crippen LogP) is 6.90. The van der Waals surface area contributed by atoms with E-state index in [2.05, 4.69) is 0 Å². The number of benzene rings is 2. The third kappa shape index (κ3) is 5.80. The van der Waals surface area contributed by atoms with Crippen LogP contribution in [0.1, 0.15) is 66.1 Å². The quantitative estimate of drug-likeness (QED) is 0.387. The molecule has 2 aliphatic rings. The highest BCUT2D eigenvalue weighted by atomic mass is 19.4. The van der Waals surface area contributed by atoms with Gasteiger partial charge in [-0.1, -0.05) is 6.07 Å². The van der Waals surface area contributed by atoms with E-state index in [1.54, 1.807) is 6.92 Å². The van der Waals surface area contributed by atoms with Gasteiger partial charge in [-0.25, -0.2) is 9.18 Å². The van der Waals surface area contributed by atoms with Crippen LogP contribution in [0.4, 0.5) is 35.5 Å². The second-order valence-corrected chi connectivity index (χ2v) is 11.3. The minimum atomic E-state index is -5.04. The molecule has 42 heavy (non-hydrogen) atoms. The number of carbonyl (C=O) groups excluding carboxylic acids is 1. The van der Waals surface area contributed by atoms with Gasteiger partial charge in [0.15, 0.2) is 0 Å². The van der Waals surface area contributed by atoms with E-state index in [4.69, 9.17) is 0 Å². The molecule has 0 radical (unpaired) electrons. The van der Waals surface area contributed by atoms with Gasteiger partial charge in [-0.3, -0.25) is 9.69 Å². The number of aryl methyl sites for hydroxylation is 1. The molecule has 4 atom stereocenters. The third-order valence-electron chi connectivity index (χ3n) is 8.98. The van der Waals surface area contributed by atoms with Crippen molar-refractivity contribution in [3.05, 3.63) is 70.0 Å². The summed E-state index contributed by atoms with van der Waals surface area (Å²) in [5, 5.41) is 9.99. The second kappa shape index (κ2) is 11.1. The van der Waals surface area contributed by atoms with Crippen LogP contribution >= 0.6 is 0 Å². The van der Waals surface area contributed by atoms with Crippen molar-refractivity contribution in [3.8, 4) is 0 Å². The minimum Gasteiger partial charge on any atom is -0.481 e. The van der Waals surface area contributed by atoms with E-state index < -0.39 is 64.8 Å². The van der Waals surface area contributed by atoms with Crippen molar-refractivity contribution in [2.24, 2.45) is 5.92 Å². The lowest BCUT2D eigenvalue weighted by molar-refractivity contribution is -0.147. The van der Waals surface area contributed by atoms with Crippen LogP contribution in [0.15, 0.2) is 36.4 Å². The number of aliphatic carboxylic acids is 1. The first-order valence-electron chi connectivity index (χ1n) is 13.4. The molecule has 0 bridgehead atoms. The average molecular weight is 604 g/mol. The average Bonchev–Trinajstić information content (AvgIpc) is 3.21. The summed E-state index contributed by atoms with van der Waals surface area (Å²) in [4.78, 5) is 30.6. The van der Waals surface area contributed by atoms with E-state index in [0.29, 0.717) is 36.2 Å². The Kier molecular flexibility index (Phi) is 8.31. The standard InChI is InChI=1S/C29H32F7N3O3/c1-16-11-21(30)5-6-22(16)24-15-27(23(25(40)41)7-9-37(27)3)8-10-39(24)26(42)38(4)17(2)18-12-19(28(31,32)33)14-20(13-18)29(34,35)36/h5-6,11-14,17,23-24H,7-10,15H2,1-4H3,(H,40,41)/t17-,23?,24-,27-/m1/s1. The normalized spacial score (nSPS) is 24.2. The molecule has 1 unspecified atom stereocenters. The maximum Gasteiger partial charge on any atom is 0.416 e. The third-order valence-corrected chi connectivity index (χ3v) is 8.98. The Balaban J connectivity index is 1.73. The van der Waals surface area contributed by atoms with Crippen LogP contribution in [0.25, 0.3) is 0 Å². The number of piperidine rings is 1. The van der Waals surface area contributed by atoms with Crippen molar-refractivity contribution in [2.75, 3.05) is 27.2 Å². The molecule has 13 heteroatoms. The molecule has 2 aliphatic heterocycles. The number of carbonyl (C=O) groups is 2. The van der Waals surface area contributed by atoms with Crippen LogP contribution in [-0.4, -0.2) is 64.5 Å². The minimum absolute atomic E-state index is 0.0342. The van der Waals surface area contributed by atoms with Crippen LogP contribution in [0, 0.1) is 18.7 Å². The molecule has 4 rings (SSSR count). The fourth-order valence-corrected chi connectivity index (χ4v) is 6.45. The van der Waals surface area contributed by atoms with Crippen molar-refractivity contribution < 1.29 is 45.4 Å². The molecule has 0 aliphatic carbocycles. The highest BCUT2D eigenvalue weighted by molar-refractivity contribution is 5.76. The zero-order valence-corrected chi connectivity index (χ0v) is 23.5. The van der Waals surface area contributed by atoms with Crippen molar-refractivity contribution in [3.63, 3.8) is 0 Å². The van der Waals surface area contributed by atoms with Crippen LogP contribution in [0.2, 0.25) is 0 Å². The number of urea groups is 1. The predicted molar refractivity (Wildman–Crippen MR) is 139 cm³/mol. The number of rotatable bonds is 4. The highest BCUT2D eigenvalue weighted by Crippen LogP contribution is 2.49. The maximum atomic E-state index is 14.0. The van der Waals surface area contributed by atoms with Gasteiger partial charge >= 0.3 is 24.4 Å². The number of halogens is 7. The van der Waals surface area contributed by atoms with Crippen molar-refractivity contribution in [1.82, 2.24) is 14.7 Å². The van der Waals surface area contributed by atoms with E-state index in [9.17, 15) is 45.4 Å². The number of alkyl halides is 6. The van der Waals surface area contributed by atoms with E-state index in [1.807, 2.05) is 11.9 Å². The molecule has 2 aromatic rings. The summed E-state index contributed by atoms with van der Waals surface area (Å²) in [6.45, 7) is 3.58. The Morgan fingerprint density at radius 1 is 1.02 bits per heavy atom. The van der Waals surface area contributed by atoms with Gasteiger partial charge in [0.2, 0.25) is 0 Å². The highest BCUT2D eigenvalue weighted by Gasteiger charge is 2.55. The van der Waals surface area contributed by atoms with Gasteiger partial charge in [-0.15, -0.1) is 0 Å². The lowest BCUT2D eigenvalue weighted by Gasteiger charge is -2.51. The van der Waals surface area contributed by atoms with Gasteiger partial charge in [0, 0.05) is 19.1 Å². The van der Waals surface area contributed by atoms with Crippen LogP contribution in [-0.2, 0) is 17.1 Å². The maximum absolute atomic E-state index is 14.0. The smallest absolute Gasteiger partial charge is 0.416 e. The second-order valence-electron chi connectivity index (χ2n) is 11.3. The Morgan fingerprint density at radius 2 is 1.62 bits per heavy atom. The molecular weight excluding hydrogens is 571 g/mol. The first-order valence-corrected chi connectivity index (χ1v) is 13.4. The number of likely N-dealkylation sites (tertiary alicyclic amines) is 2. The molecule has 2 fully saturated rings. The van der Waals surface area contributed by atoms with E-state index in [0.717, 1.165) is 4.90 Å². The molecular formula is C29H32F7N3O3. The zero-order chi connectivity index (χ0) is 31.4. The van der Waals surface area contributed by atoms with E-state index in [1.165, 1.54) is 37.1 Å². The van der Waals surface area contributed by atoms with Gasteiger partial charge in [0.25, 0.3) is 0 Å². The molecule has 0 aromatic heterocycles. The number of nitrogens with zero attached hydrogens (tertiary/aromatic N) is 3. The molecule has 0 saturated carbocycles. The van der Waals surface area contributed by atoms with Crippen LogP contribution in [0.3, 0.4) is 0 Å². The number of carboxylic acid groups (broad SMARTS) is 1. The summed E-state index contributed by atoms with van der Waals surface area (Å²) in [5.74, 6) is -2.19. The topological polar surface area (TPSA) is 64.1 Å². The molecule has 2 saturated heterocycles. The van der Waals surface area contributed by atoms with Gasteiger partial charge in [0.05, 0.1) is 29.1 Å². The summed E-state index contributed by atoms with van der Waals surface area (Å²) in [5.41, 5.74) is -3.02. The molecule has 6 nitrogen and oxygen atoms in total. The number of carboxylic acids is 1. The van der Waals surface area contributed by atoms with E-state index >= 15 is 0 Å². The summed E-state index contributed by atoms with van der Waals surface area (Å²) in [7, 11) is 3.11.